The highest BCUT2D eigenvalue weighted by atomic mass is 16.5. The number of fused-ring (bicyclic) bond motifs is 1. The molecule has 0 saturated carbocycles. The van der Waals surface area contributed by atoms with Crippen LogP contribution >= 0.6 is 0 Å². The lowest BCUT2D eigenvalue weighted by atomic mass is 10.1. The van der Waals surface area contributed by atoms with E-state index in [2.05, 4.69) is 5.32 Å². The van der Waals surface area contributed by atoms with Gasteiger partial charge in [0.1, 0.15) is 17.1 Å². The van der Waals surface area contributed by atoms with Crippen molar-refractivity contribution in [1.82, 2.24) is 9.88 Å². The number of benzene rings is 3. The molecule has 1 aromatic heterocycles. The van der Waals surface area contributed by atoms with Gasteiger partial charge < -0.3 is 15.2 Å². The number of carbonyl (C=O) groups excluding carboxylic acids is 1. The van der Waals surface area contributed by atoms with E-state index in [0.29, 0.717) is 22.3 Å². The monoisotopic (exact) mass is 400 g/mol. The molecule has 0 radical (unpaired) electrons. The molecule has 0 aliphatic heterocycles. The molecule has 0 bridgehead atoms. The van der Waals surface area contributed by atoms with E-state index in [9.17, 15) is 14.7 Å². The molecule has 0 aliphatic rings. The van der Waals surface area contributed by atoms with Crippen LogP contribution in [-0.4, -0.2) is 22.7 Å². The molecule has 0 saturated heterocycles. The third kappa shape index (κ3) is 3.51. The maximum atomic E-state index is 13.3. The summed E-state index contributed by atoms with van der Waals surface area (Å²) in [6.45, 7) is 0.188. The van der Waals surface area contributed by atoms with Crippen LogP contribution in [0.2, 0.25) is 0 Å². The molecule has 2 N–H and O–H groups in total. The molecule has 0 aliphatic carbocycles. The summed E-state index contributed by atoms with van der Waals surface area (Å²) in [6, 6.07) is 23.2. The van der Waals surface area contributed by atoms with E-state index in [1.807, 2.05) is 30.3 Å². The van der Waals surface area contributed by atoms with Crippen LogP contribution in [0.15, 0.2) is 83.7 Å². The van der Waals surface area contributed by atoms with Gasteiger partial charge in [-0.25, -0.2) is 0 Å². The lowest BCUT2D eigenvalue weighted by Gasteiger charge is -2.15. The average Bonchev–Trinajstić information content (AvgIpc) is 2.79. The highest BCUT2D eigenvalue weighted by Crippen LogP contribution is 2.28. The topological polar surface area (TPSA) is 80.6 Å². The second kappa shape index (κ2) is 8.13. The fourth-order valence-electron chi connectivity index (χ4n) is 3.42. The Morgan fingerprint density at radius 3 is 2.50 bits per heavy atom. The number of aromatic hydroxyl groups is 1. The first kappa shape index (κ1) is 19.3. The number of hydrogen-bond donors (Lipinski definition) is 2. The molecule has 3 aromatic carbocycles. The standard InChI is InChI=1S/C24H20N2O4/c1-30-18-11-7-8-16(14-18)15-25-23(28)21-22(27)19-12-5-6-13-20(19)26(24(21)29)17-9-3-2-4-10-17/h2-14,27H,15H2,1H3,(H,25,28). The number of ether oxygens (including phenoxy) is 1. The van der Waals surface area contributed by atoms with Crippen LogP contribution in [0.4, 0.5) is 0 Å². The summed E-state index contributed by atoms with van der Waals surface area (Å²) < 4.78 is 6.63. The van der Waals surface area contributed by atoms with Crippen molar-refractivity contribution in [3.05, 3.63) is 100 Å². The first-order chi connectivity index (χ1) is 14.6. The van der Waals surface area contributed by atoms with E-state index in [4.69, 9.17) is 4.74 Å². The van der Waals surface area contributed by atoms with Gasteiger partial charge in [0.15, 0.2) is 0 Å². The zero-order chi connectivity index (χ0) is 21.1. The number of nitrogens with zero attached hydrogens (tertiary/aromatic N) is 1. The van der Waals surface area contributed by atoms with E-state index >= 15 is 0 Å². The van der Waals surface area contributed by atoms with E-state index in [1.54, 1.807) is 55.6 Å². The van der Waals surface area contributed by atoms with Crippen LogP contribution in [0.5, 0.6) is 11.5 Å². The Morgan fingerprint density at radius 2 is 1.73 bits per heavy atom. The number of pyridine rings is 1. The minimum Gasteiger partial charge on any atom is -0.506 e. The first-order valence-corrected chi connectivity index (χ1v) is 9.43. The normalized spacial score (nSPS) is 10.7. The SMILES string of the molecule is COc1cccc(CNC(=O)c2c(O)c3ccccc3n(-c3ccccc3)c2=O)c1. The number of nitrogens with one attached hydrogen (secondary N) is 1. The van der Waals surface area contributed by atoms with Crippen molar-refractivity contribution < 1.29 is 14.6 Å². The number of rotatable bonds is 5. The van der Waals surface area contributed by atoms with E-state index in [1.165, 1.54) is 4.57 Å². The molecule has 0 atom stereocenters. The molecule has 4 aromatic rings. The van der Waals surface area contributed by atoms with Crippen molar-refractivity contribution in [2.24, 2.45) is 0 Å². The van der Waals surface area contributed by atoms with E-state index in [0.717, 1.165) is 5.56 Å². The average molecular weight is 400 g/mol. The summed E-state index contributed by atoms with van der Waals surface area (Å²) in [6.07, 6.45) is 0. The Bertz CT molecular complexity index is 1280. The van der Waals surface area contributed by atoms with Crippen molar-refractivity contribution in [3.63, 3.8) is 0 Å². The first-order valence-electron chi connectivity index (χ1n) is 9.43. The zero-order valence-corrected chi connectivity index (χ0v) is 16.3. The summed E-state index contributed by atoms with van der Waals surface area (Å²) in [4.78, 5) is 26.2. The Morgan fingerprint density at radius 1 is 1.00 bits per heavy atom. The van der Waals surface area contributed by atoms with Gasteiger partial charge in [-0.1, -0.05) is 42.5 Å². The van der Waals surface area contributed by atoms with Crippen LogP contribution < -0.4 is 15.6 Å². The van der Waals surface area contributed by atoms with Crippen LogP contribution in [-0.2, 0) is 6.54 Å². The molecule has 6 nitrogen and oxygen atoms in total. The van der Waals surface area contributed by atoms with E-state index in [-0.39, 0.29) is 17.9 Å². The van der Waals surface area contributed by atoms with Crippen molar-refractivity contribution >= 4 is 16.8 Å². The Hall–Kier alpha value is -4.06. The summed E-state index contributed by atoms with van der Waals surface area (Å²) in [5.41, 5.74) is 1.07. The lowest BCUT2D eigenvalue weighted by molar-refractivity contribution is 0.0946. The molecule has 0 fully saturated rings. The van der Waals surface area contributed by atoms with Crippen molar-refractivity contribution in [2.75, 3.05) is 7.11 Å². The van der Waals surface area contributed by atoms with Crippen molar-refractivity contribution in [1.29, 1.82) is 0 Å². The third-order valence-electron chi connectivity index (χ3n) is 4.88. The van der Waals surface area contributed by atoms with Gasteiger partial charge in [-0.15, -0.1) is 0 Å². The maximum absolute atomic E-state index is 13.3. The number of aromatic nitrogens is 1. The summed E-state index contributed by atoms with van der Waals surface area (Å²) in [5.74, 6) is -0.302. The quantitative estimate of drug-likeness (QED) is 0.536. The number of hydrogen-bond acceptors (Lipinski definition) is 4. The highest BCUT2D eigenvalue weighted by Gasteiger charge is 2.22. The predicted molar refractivity (Wildman–Crippen MR) is 115 cm³/mol. The summed E-state index contributed by atoms with van der Waals surface area (Å²) >= 11 is 0. The van der Waals surface area contributed by atoms with Crippen LogP contribution in [0, 0.1) is 0 Å². The number of carbonyl (C=O) groups is 1. The van der Waals surface area contributed by atoms with Crippen LogP contribution in [0.1, 0.15) is 15.9 Å². The lowest BCUT2D eigenvalue weighted by Crippen LogP contribution is -2.32. The van der Waals surface area contributed by atoms with Crippen molar-refractivity contribution in [3.8, 4) is 17.2 Å². The second-order valence-electron chi connectivity index (χ2n) is 6.75. The van der Waals surface area contributed by atoms with Crippen LogP contribution in [0.3, 0.4) is 0 Å². The summed E-state index contributed by atoms with van der Waals surface area (Å²) in [5, 5.41) is 13.9. The fourth-order valence-corrected chi connectivity index (χ4v) is 3.42. The van der Waals surface area contributed by atoms with E-state index < -0.39 is 11.5 Å². The van der Waals surface area contributed by atoms with Crippen LogP contribution in [0.25, 0.3) is 16.6 Å². The van der Waals surface area contributed by atoms with Gasteiger partial charge in [0.25, 0.3) is 11.5 Å². The molecule has 1 amide bonds. The molecule has 1 heterocycles. The molecule has 0 unspecified atom stereocenters. The summed E-state index contributed by atoms with van der Waals surface area (Å²) in [7, 11) is 1.57. The predicted octanol–water partition coefficient (Wildman–Crippen LogP) is 3.63. The minimum absolute atomic E-state index is 0.188. The second-order valence-corrected chi connectivity index (χ2v) is 6.75. The van der Waals surface area contributed by atoms with Crippen molar-refractivity contribution in [2.45, 2.75) is 6.54 Å². The van der Waals surface area contributed by atoms with Gasteiger partial charge in [0.2, 0.25) is 0 Å². The number of methoxy groups -OCH3 is 1. The Balaban J connectivity index is 1.78. The fraction of sp³-hybridized carbons (Fsp3) is 0.0833. The van der Waals surface area contributed by atoms with Gasteiger partial charge >= 0.3 is 0 Å². The molecule has 0 spiro atoms. The molecule has 6 heteroatoms. The van der Waals surface area contributed by atoms with Gasteiger partial charge in [-0.05, 0) is 42.0 Å². The molecule has 150 valence electrons. The van der Waals surface area contributed by atoms with Gasteiger partial charge in [-0.3, -0.25) is 14.2 Å². The third-order valence-corrected chi connectivity index (χ3v) is 4.88. The van der Waals surface area contributed by atoms with Gasteiger partial charge in [0, 0.05) is 17.6 Å². The number of amides is 1. The molecule has 4 rings (SSSR count). The van der Waals surface area contributed by atoms with Gasteiger partial charge in [-0.2, -0.15) is 0 Å². The minimum atomic E-state index is -0.643. The Kier molecular flexibility index (Phi) is 5.22. The molecular formula is C24H20N2O4. The highest BCUT2D eigenvalue weighted by molar-refractivity contribution is 6.02. The maximum Gasteiger partial charge on any atom is 0.272 e. The van der Waals surface area contributed by atoms with Gasteiger partial charge in [0.05, 0.1) is 12.6 Å². The molecular weight excluding hydrogens is 380 g/mol. The smallest absolute Gasteiger partial charge is 0.272 e. The largest absolute Gasteiger partial charge is 0.506 e. The zero-order valence-electron chi connectivity index (χ0n) is 16.3. The number of para-hydroxylation sites is 2. The molecule has 30 heavy (non-hydrogen) atoms. The Labute approximate surface area is 173 Å².